The number of nitrogens with one attached hydrogen (secondary N) is 3. The van der Waals surface area contributed by atoms with Crippen LogP contribution in [0, 0.1) is 34.5 Å². The van der Waals surface area contributed by atoms with Crippen molar-refractivity contribution in [3.8, 4) is 6.07 Å². The lowest BCUT2D eigenvalue weighted by Gasteiger charge is -2.60. The molecule has 0 spiro atoms. The van der Waals surface area contributed by atoms with Crippen LogP contribution >= 0.6 is 11.6 Å². The smallest absolute Gasteiger partial charge is 0.407 e. The number of aromatic nitrogens is 2. The normalized spacial score (nSPS) is 27.9. The number of ether oxygens (including phenoxy) is 1. The molecule has 2 aromatic rings. The number of carbonyl (C=O) groups excluding carboxylic acids is 1. The van der Waals surface area contributed by atoms with Crippen LogP contribution in [0.15, 0.2) is 30.5 Å². The Labute approximate surface area is 223 Å². The second kappa shape index (κ2) is 10.0. The molecule has 4 aliphatic carbocycles. The van der Waals surface area contributed by atoms with Gasteiger partial charge in [-0.1, -0.05) is 23.7 Å². The molecule has 8 nitrogen and oxygen atoms in total. The minimum absolute atomic E-state index is 0.147. The molecule has 4 bridgehead atoms. The van der Waals surface area contributed by atoms with E-state index in [4.69, 9.17) is 16.3 Å². The summed E-state index contributed by atoms with van der Waals surface area (Å²) in [4.78, 5) is 21.4. The molecule has 1 aromatic carbocycles. The number of rotatable bonds is 7. The van der Waals surface area contributed by atoms with Crippen molar-refractivity contribution in [1.29, 1.82) is 5.26 Å². The second-order valence-electron chi connectivity index (χ2n) is 12.0. The Morgan fingerprint density at radius 1 is 1.22 bits per heavy atom. The SMILES string of the molecule is CC(C)(C)OC(=O)N[C@@H]1[C@@H]2CC3C[C@H]1C[C@@](CNc1nc(NCc4cccc(Cl)c4)ncc1C#N)(C3)C2. The highest BCUT2D eigenvalue weighted by Crippen LogP contribution is 2.60. The molecule has 0 saturated heterocycles. The maximum absolute atomic E-state index is 12.5. The van der Waals surface area contributed by atoms with Crippen molar-refractivity contribution >= 4 is 29.5 Å². The Balaban J connectivity index is 1.24. The number of nitriles is 1. The van der Waals surface area contributed by atoms with Crippen molar-refractivity contribution in [3.63, 3.8) is 0 Å². The van der Waals surface area contributed by atoms with Gasteiger partial charge in [-0.3, -0.25) is 0 Å². The number of carbonyl (C=O) groups is 1. The van der Waals surface area contributed by atoms with Gasteiger partial charge in [0.1, 0.15) is 23.1 Å². The lowest BCUT2D eigenvalue weighted by Crippen LogP contribution is -2.60. The predicted octanol–water partition coefficient (Wildman–Crippen LogP) is 5.75. The van der Waals surface area contributed by atoms with E-state index in [2.05, 4.69) is 32.0 Å². The number of nitrogens with zero attached hydrogens (tertiary/aromatic N) is 3. The van der Waals surface area contributed by atoms with Crippen molar-refractivity contribution in [1.82, 2.24) is 15.3 Å². The molecule has 0 radical (unpaired) electrons. The number of benzene rings is 1. The summed E-state index contributed by atoms with van der Waals surface area (Å²) in [7, 11) is 0. The van der Waals surface area contributed by atoms with Crippen LogP contribution in [0.4, 0.5) is 16.6 Å². The van der Waals surface area contributed by atoms with Crippen LogP contribution in [0.25, 0.3) is 0 Å². The van der Waals surface area contributed by atoms with Crippen LogP contribution in [0.3, 0.4) is 0 Å². The first kappa shape index (κ1) is 25.6. The Bertz CT molecular complexity index is 1190. The van der Waals surface area contributed by atoms with Crippen molar-refractivity contribution < 1.29 is 9.53 Å². The van der Waals surface area contributed by atoms with Crippen molar-refractivity contribution in [2.75, 3.05) is 17.2 Å². The zero-order valence-electron chi connectivity index (χ0n) is 21.7. The number of hydrogen-bond acceptors (Lipinski definition) is 7. The summed E-state index contributed by atoms with van der Waals surface area (Å²) >= 11 is 6.09. The average molecular weight is 523 g/mol. The Kier molecular flexibility index (Phi) is 6.93. The first-order valence-electron chi connectivity index (χ1n) is 13.1. The first-order valence-corrected chi connectivity index (χ1v) is 13.5. The van der Waals surface area contributed by atoms with Crippen molar-refractivity contribution in [3.05, 3.63) is 46.6 Å². The van der Waals surface area contributed by atoms with Gasteiger partial charge in [-0.25, -0.2) is 9.78 Å². The Hall–Kier alpha value is -3.05. The van der Waals surface area contributed by atoms with E-state index >= 15 is 0 Å². The Morgan fingerprint density at radius 3 is 2.65 bits per heavy atom. The van der Waals surface area contributed by atoms with E-state index in [-0.39, 0.29) is 17.6 Å². The summed E-state index contributed by atoms with van der Waals surface area (Å²) < 4.78 is 5.55. The number of alkyl carbamates (subject to hydrolysis) is 1. The minimum Gasteiger partial charge on any atom is -0.444 e. The summed E-state index contributed by atoms with van der Waals surface area (Å²) in [5.74, 6) is 2.62. The fourth-order valence-electron chi connectivity index (χ4n) is 6.87. The molecular weight excluding hydrogens is 488 g/mol. The number of anilines is 2. The fourth-order valence-corrected chi connectivity index (χ4v) is 7.08. The van der Waals surface area contributed by atoms with Gasteiger partial charge in [-0.15, -0.1) is 0 Å². The molecule has 4 aliphatic rings. The fraction of sp³-hybridized carbons (Fsp3) is 0.571. The summed E-state index contributed by atoms with van der Waals surface area (Å²) in [6.45, 7) is 6.98. The van der Waals surface area contributed by atoms with Crippen LogP contribution in [0.2, 0.25) is 5.02 Å². The lowest BCUT2D eigenvalue weighted by molar-refractivity contribution is -0.0703. The highest BCUT2D eigenvalue weighted by atomic mass is 35.5. The van der Waals surface area contributed by atoms with E-state index in [1.54, 1.807) is 6.20 Å². The summed E-state index contributed by atoms with van der Waals surface area (Å²) in [6, 6.07) is 10.0. The predicted molar refractivity (Wildman–Crippen MR) is 143 cm³/mol. The lowest BCUT2D eigenvalue weighted by atomic mass is 9.48. The van der Waals surface area contributed by atoms with Crippen LogP contribution in [0.1, 0.15) is 64.0 Å². The number of amides is 1. The maximum atomic E-state index is 12.5. The van der Waals surface area contributed by atoms with Crippen LogP contribution in [-0.4, -0.2) is 34.2 Å². The Morgan fingerprint density at radius 2 is 1.97 bits per heavy atom. The van der Waals surface area contributed by atoms with Gasteiger partial charge in [0.25, 0.3) is 0 Å². The number of halogens is 1. The second-order valence-corrected chi connectivity index (χ2v) is 12.5. The van der Waals surface area contributed by atoms with E-state index in [1.807, 2.05) is 45.0 Å². The third-order valence-electron chi connectivity index (χ3n) is 7.96. The third kappa shape index (κ3) is 5.93. The zero-order valence-corrected chi connectivity index (χ0v) is 22.4. The molecule has 6 rings (SSSR count). The summed E-state index contributed by atoms with van der Waals surface area (Å²) in [5.41, 5.74) is 1.11. The van der Waals surface area contributed by atoms with E-state index in [0.29, 0.717) is 46.7 Å². The minimum atomic E-state index is -0.501. The van der Waals surface area contributed by atoms with Gasteiger partial charge in [0, 0.05) is 24.2 Å². The van der Waals surface area contributed by atoms with Gasteiger partial charge in [-0.2, -0.15) is 10.2 Å². The summed E-state index contributed by atoms with van der Waals surface area (Å²) in [6.07, 6.45) is 6.87. The zero-order chi connectivity index (χ0) is 26.2. The molecule has 9 heteroatoms. The van der Waals surface area contributed by atoms with Gasteiger partial charge in [-0.05, 0) is 93.7 Å². The van der Waals surface area contributed by atoms with Crippen molar-refractivity contribution in [2.45, 2.75) is 71.1 Å². The van der Waals surface area contributed by atoms with E-state index in [0.717, 1.165) is 37.8 Å². The first-order chi connectivity index (χ1) is 17.6. The molecule has 4 fully saturated rings. The molecule has 1 unspecified atom stereocenters. The highest BCUT2D eigenvalue weighted by molar-refractivity contribution is 6.30. The van der Waals surface area contributed by atoms with Crippen LogP contribution < -0.4 is 16.0 Å². The van der Waals surface area contributed by atoms with Crippen LogP contribution in [-0.2, 0) is 11.3 Å². The molecule has 4 saturated carbocycles. The van der Waals surface area contributed by atoms with Gasteiger partial charge in [0.2, 0.25) is 5.95 Å². The van der Waals surface area contributed by atoms with Gasteiger partial charge >= 0.3 is 6.09 Å². The topological polar surface area (TPSA) is 112 Å². The quantitative estimate of drug-likeness (QED) is 0.424. The molecule has 1 aromatic heterocycles. The monoisotopic (exact) mass is 522 g/mol. The summed E-state index contributed by atoms with van der Waals surface area (Å²) in [5, 5.41) is 20.3. The standard InChI is InChI=1S/C28H35ClN6O2/c1-27(2,3)37-26(36)34-23-19-7-18-8-20(23)12-28(10-18,11-19)16-33-24-21(13-30)15-32-25(35-24)31-14-17-5-4-6-22(29)9-17/h4-6,9,15,18-20,23H,7-8,10-12,14,16H2,1-3H3,(H,34,36)(H2,31,32,33,35)/t18?,19-,20+,23-,28-. The molecular formula is C28H35ClN6O2. The van der Waals surface area contributed by atoms with Gasteiger partial charge < -0.3 is 20.7 Å². The largest absolute Gasteiger partial charge is 0.444 e. The van der Waals surface area contributed by atoms with Crippen molar-refractivity contribution in [2.24, 2.45) is 23.2 Å². The molecule has 37 heavy (non-hydrogen) atoms. The number of hydrogen-bond donors (Lipinski definition) is 3. The maximum Gasteiger partial charge on any atom is 0.407 e. The molecule has 0 aliphatic heterocycles. The van der Waals surface area contributed by atoms with Gasteiger partial charge in [0.05, 0.1) is 6.20 Å². The molecule has 5 atom stereocenters. The molecule has 1 amide bonds. The molecule has 196 valence electrons. The van der Waals surface area contributed by atoms with Gasteiger partial charge in [0.15, 0.2) is 0 Å². The van der Waals surface area contributed by atoms with Crippen LogP contribution in [0.5, 0.6) is 0 Å². The van der Waals surface area contributed by atoms with E-state index < -0.39 is 5.60 Å². The average Bonchev–Trinajstić information content (AvgIpc) is 2.82. The molecule has 3 N–H and O–H groups in total. The van der Waals surface area contributed by atoms with E-state index in [1.165, 1.54) is 6.42 Å². The highest BCUT2D eigenvalue weighted by Gasteiger charge is 2.55. The van der Waals surface area contributed by atoms with E-state index in [9.17, 15) is 10.1 Å². The third-order valence-corrected chi connectivity index (χ3v) is 8.20. The molecule has 1 heterocycles.